The van der Waals surface area contributed by atoms with Crippen molar-refractivity contribution in [1.29, 1.82) is 0 Å². The number of benzene rings is 1. The lowest BCUT2D eigenvalue weighted by molar-refractivity contribution is -0.142. The van der Waals surface area contributed by atoms with E-state index in [2.05, 4.69) is 12.2 Å². The normalized spacial score (nSPS) is 21.5. The Kier molecular flexibility index (Phi) is 5.24. The third kappa shape index (κ3) is 3.87. The van der Waals surface area contributed by atoms with Crippen LogP contribution in [0.25, 0.3) is 0 Å². The average Bonchev–Trinajstić information content (AvgIpc) is 2.94. The predicted molar refractivity (Wildman–Crippen MR) is 75.1 cm³/mol. The van der Waals surface area contributed by atoms with Gasteiger partial charge in [-0.15, -0.1) is 0 Å². The molecule has 2 unspecified atom stereocenters. The minimum atomic E-state index is -0.267. The van der Waals surface area contributed by atoms with Crippen molar-refractivity contribution in [3.8, 4) is 11.5 Å². The Bertz CT molecular complexity index is 432. The van der Waals surface area contributed by atoms with Gasteiger partial charge >= 0.3 is 5.97 Å². The van der Waals surface area contributed by atoms with Crippen LogP contribution >= 0.6 is 0 Å². The van der Waals surface area contributed by atoms with Crippen LogP contribution in [0.4, 0.5) is 0 Å². The van der Waals surface area contributed by atoms with Gasteiger partial charge in [-0.2, -0.15) is 0 Å². The van der Waals surface area contributed by atoms with Gasteiger partial charge in [0.25, 0.3) is 0 Å². The molecule has 2 atom stereocenters. The Hall–Kier alpha value is -1.75. The van der Waals surface area contributed by atoms with Gasteiger partial charge in [-0.1, -0.05) is 6.92 Å². The number of rotatable bonds is 6. The first-order valence-electron chi connectivity index (χ1n) is 6.93. The zero-order valence-electron chi connectivity index (χ0n) is 11.9. The Morgan fingerprint density at radius 3 is 2.65 bits per heavy atom. The van der Waals surface area contributed by atoms with Crippen molar-refractivity contribution < 1.29 is 19.0 Å². The highest BCUT2D eigenvalue weighted by molar-refractivity contribution is 5.76. The summed E-state index contributed by atoms with van der Waals surface area (Å²) in [6, 6.07) is 7.29. The molecule has 0 saturated carbocycles. The SMILES string of the molecule is CCCOc1ccc(OC2CNC(C(=O)OC)C2)cc1. The van der Waals surface area contributed by atoms with Crippen LogP contribution in [0.2, 0.25) is 0 Å². The van der Waals surface area contributed by atoms with E-state index in [1.165, 1.54) is 7.11 Å². The van der Waals surface area contributed by atoms with Gasteiger partial charge in [0.2, 0.25) is 0 Å². The van der Waals surface area contributed by atoms with Crippen LogP contribution in [0.3, 0.4) is 0 Å². The number of esters is 1. The molecular formula is C15H21NO4. The standard InChI is InChI=1S/C15H21NO4/c1-3-8-19-11-4-6-12(7-5-11)20-13-9-14(16-10-13)15(17)18-2/h4-7,13-14,16H,3,8-10H2,1-2H3. The van der Waals surface area contributed by atoms with Gasteiger partial charge in [0, 0.05) is 13.0 Å². The molecule has 0 spiro atoms. The summed E-state index contributed by atoms with van der Waals surface area (Å²) in [5.74, 6) is 1.39. The lowest BCUT2D eigenvalue weighted by Gasteiger charge is -2.13. The van der Waals surface area contributed by atoms with E-state index in [4.69, 9.17) is 14.2 Å². The second kappa shape index (κ2) is 7.14. The fourth-order valence-electron chi connectivity index (χ4n) is 2.14. The number of hydrogen-bond acceptors (Lipinski definition) is 5. The second-order valence-electron chi connectivity index (χ2n) is 4.78. The predicted octanol–water partition coefficient (Wildman–Crippen LogP) is 1.76. The number of hydrogen-bond donors (Lipinski definition) is 1. The summed E-state index contributed by atoms with van der Waals surface area (Å²) in [6.45, 7) is 3.43. The summed E-state index contributed by atoms with van der Waals surface area (Å²) in [5, 5.41) is 3.09. The lowest BCUT2D eigenvalue weighted by atomic mass is 10.2. The molecule has 1 N–H and O–H groups in total. The van der Waals surface area contributed by atoms with Crippen molar-refractivity contribution in [2.45, 2.75) is 31.9 Å². The lowest BCUT2D eigenvalue weighted by Crippen LogP contribution is -2.31. The van der Waals surface area contributed by atoms with Crippen LogP contribution in [0.15, 0.2) is 24.3 Å². The van der Waals surface area contributed by atoms with Gasteiger partial charge in [-0.25, -0.2) is 0 Å². The zero-order valence-corrected chi connectivity index (χ0v) is 11.9. The molecule has 2 rings (SSSR count). The minimum Gasteiger partial charge on any atom is -0.494 e. The highest BCUT2D eigenvalue weighted by Gasteiger charge is 2.31. The summed E-state index contributed by atoms with van der Waals surface area (Å²) in [5.41, 5.74) is 0. The molecule has 20 heavy (non-hydrogen) atoms. The zero-order chi connectivity index (χ0) is 14.4. The molecule has 0 amide bonds. The molecule has 1 aromatic rings. The minimum absolute atomic E-state index is 0.0125. The van der Waals surface area contributed by atoms with Gasteiger partial charge < -0.3 is 19.5 Å². The van der Waals surface area contributed by atoms with E-state index in [1.54, 1.807) is 0 Å². The van der Waals surface area contributed by atoms with Crippen LogP contribution in [0.1, 0.15) is 19.8 Å². The van der Waals surface area contributed by atoms with Crippen molar-refractivity contribution in [1.82, 2.24) is 5.32 Å². The summed E-state index contributed by atoms with van der Waals surface area (Å²) in [7, 11) is 1.40. The number of methoxy groups -OCH3 is 1. The number of carbonyl (C=O) groups is 1. The van der Waals surface area contributed by atoms with Gasteiger partial charge in [0.05, 0.1) is 13.7 Å². The highest BCUT2D eigenvalue weighted by Crippen LogP contribution is 2.21. The summed E-state index contributed by atoms with van der Waals surface area (Å²) < 4.78 is 16.1. The molecule has 1 aliphatic heterocycles. The fraction of sp³-hybridized carbons (Fsp3) is 0.533. The van der Waals surface area contributed by atoms with E-state index in [0.29, 0.717) is 19.6 Å². The van der Waals surface area contributed by atoms with Gasteiger partial charge in [0.1, 0.15) is 23.6 Å². The monoisotopic (exact) mass is 279 g/mol. The Balaban J connectivity index is 1.83. The molecule has 5 heteroatoms. The van der Waals surface area contributed by atoms with Crippen LogP contribution in [0, 0.1) is 0 Å². The van der Waals surface area contributed by atoms with Gasteiger partial charge in [0.15, 0.2) is 0 Å². The van der Waals surface area contributed by atoms with E-state index in [1.807, 2.05) is 24.3 Å². The summed E-state index contributed by atoms with van der Waals surface area (Å²) in [6.07, 6.45) is 1.60. The van der Waals surface area contributed by atoms with E-state index in [9.17, 15) is 4.79 Å². The van der Waals surface area contributed by atoms with Crippen molar-refractivity contribution >= 4 is 5.97 Å². The first kappa shape index (κ1) is 14.7. The first-order chi connectivity index (χ1) is 9.72. The van der Waals surface area contributed by atoms with Crippen LogP contribution in [0.5, 0.6) is 11.5 Å². The number of nitrogens with one attached hydrogen (secondary N) is 1. The van der Waals surface area contributed by atoms with Crippen molar-refractivity contribution in [3.05, 3.63) is 24.3 Å². The van der Waals surface area contributed by atoms with Gasteiger partial charge in [-0.3, -0.25) is 4.79 Å². The van der Waals surface area contributed by atoms with Gasteiger partial charge in [-0.05, 0) is 30.7 Å². The third-order valence-corrected chi connectivity index (χ3v) is 3.18. The second-order valence-corrected chi connectivity index (χ2v) is 4.78. The molecule has 0 bridgehead atoms. The first-order valence-corrected chi connectivity index (χ1v) is 6.93. The summed E-state index contributed by atoms with van der Waals surface area (Å²) in [4.78, 5) is 11.4. The number of carbonyl (C=O) groups excluding carboxylic acids is 1. The maximum absolute atomic E-state index is 11.4. The van der Waals surface area contributed by atoms with E-state index < -0.39 is 0 Å². The topological polar surface area (TPSA) is 56.8 Å². The molecule has 5 nitrogen and oxygen atoms in total. The highest BCUT2D eigenvalue weighted by atomic mass is 16.5. The molecule has 0 radical (unpaired) electrons. The van der Waals surface area contributed by atoms with Crippen molar-refractivity contribution in [2.75, 3.05) is 20.3 Å². The largest absolute Gasteiger partial charge is 0.494 e. The molecule has 1 heterocycles. The quantitative estimate of drug-likeness (QED) is 0.804. The molecule has 1 aromatic carbocycles. The molecule has 0 aromatic heterocycles. The maximum atomic E-state index is 11.4. The fourth-order valence-corrected chi connectivity index (χ4v) is 2.14. The van der Waals surface area contributed by atoms with Crippen molar-refractivity contribution in [3.63, 3.8) is 0 Å². The van der Waals surface area contributed by atoms with E-state index in [0.717, 1.165) is 17.9 Å². The molecular weight excluding hydrogens is 258 g/mol. The number of ether oxygens (including phenoxy) is 3. The Labute approximate surface area is 119 Å². The Morgan fingerprint density at radius 1 is 1.30 bits per heavy atom. The molecule has 1 fully saturated rings. The van der Waals surface area contributed by atoms with Crippen LogP contribution in [-0.4, -0.2) is 38.4 Å². The molecule has 1 aliphatic rings. The van der Waals surface area contributed by atoms with E-state index in [-0.39, 0.29) is 18.1 Å². The average molecular weight is 279 g/mol. The van der Waals surface area contributed by atoms with Crippen molar-refractivity contribution in [2.24, 2.45) is 0 Å². The third-order valence-electron chi connectivity index (χ3n) is 3.18. The van der Waals surface area contributed by atoms with E-state index >= 15 is 0 Å². The maximum Gasteiger partial charge on any atom is 0.323 e. The summed E-state index contributed by atoms with van der Waals surface area (Å²) >= 11 is 0. The molecule has 110 valence electrons. The van der Waals surface area contributed by atoms with Crippen LogP contribution in [-0.2, 0) is 9.53 Å². The molecule has 0 aliphatic carbocycles. The van der Waals surface area contributed by atoms with Crippen LogP contribution < -0.4 is 14.8 Å². The molecule has 1 saturated heterocycles. The Morgan fingerprint density at radius 2 is 2.00 bits per heavy atom. The smallest absolute Gasteiger partial charge is 0.323 e.